The van der Waals surface area contributed by atoms with E-state index in [1.54, 1.807) is 6.07 Å². The first-order valence-electron chi connectivity index (χ1n) is 6.55. The maximum Gasteiger partial charge on any atom is 0.262 e. The first-order chi connectivity index (χ1) is 10.3. The first kappa shape index (κ1) is 13.0. The standard InChI is InChI=1S/C16H13N3O2/c17-8-12-3-1-2-4-13(12)18-9-11-5-6-15-14(7-11)19-16(20)10-21-15/h1-7,18H,9-10H2,(H,19,20). The topological polar surface area (TPSA) is 74.2 Å². The Balaban J connectivity index is 1.76. The molecule has 5 nitrogen and oxygen atoms in total. The van der Waals surface area contributed by atoms with Crippen LogP contribution < -0.4 is 15.4 Å². The van der Waals surface area contributed by atoms with Gasteiger partial charge in [0, 0.05) is 6.54 Å². The minimum Gasteiger partial charge on any atom is -0.482 e. The summed E-state index contributed by atoms with van der Waals surface area (Å²) in [6.07, 6.45) is 0. The maximum absolute atomic E-state index is 11.3. The number of benzene rings is 2. The lowest BCUT2D eigenvalue weighted by atomic mass is 10.1. The predicted octanol–water partition coefficient (Wildman–Crippen LogP) is 2.50. The fraction of sp³-hybridized carbons (Fsp3) is 0.125. The quantitative estimate of drug-likeness (QED) is 0.905. The van der Waals surface area contributed by atoms with E-state index in [4.69, 9.17) is 10.00 Å². The zero-order valence-corrected chi connectivity index (χ0v) is 11.2. The van der Waals surface area contributed by atoms with Gasteiger partial charge < -0.3 is 15.4 Å². The van der Waals surface area contributed by atoms with E-state index in [1.807, 2.05) is 36.4 Å². The molecule has 0 bridgehead atoms. The van der Waals surface area contributed by atoms with Gasteiger partial charge >= 0.3 is 0 Å². The molecule has 21 heavy (non-hydrogen) atoms. The number of amides is 1. The third kappa shape index (κ3) is 2.79. The minimum absolute atomic E-state index is 0.0557. The summed E-state index contributed by atoms with van der Waals surface area (Å²) in [5.74, 6) is 0.526. The molecule has 1 heterocycles. The van der Waals surface area contributed by atoms with Crippen molar-refractivity contribution in [2.24, 2.45) is 0 Å². The average molecular weight is 279 g/mol. The van der Waals surface area contributed by atoms with E-state index in [1.165, 1.54) is 0 Å². The van der Waals surface area contributed by atoms with E-state index in [0.29, 0.717) is 23.5 Å². The Morgan fingerprint density at radius 3 is 3.00 bits per heavy atom. The van der Waals surface area contributed by atoms with Gasteiger partial charge in [0.2, 0.25) is 0 Å². The molecule has 0 aliphatic carbocycles. The molecule has 2 N–H and O–H groups in total. The van der Waals surface area contributed by atoms with Crippen LogP contribution in [0.1, 0.15) is 11.1 Å². The van der Waals surface area contributed by atoms with Crippen LogP contribution in [0, 0.1) is 11.3 Å². The minimum atomic E-state index is -0.151. The van der Waals surface area contributed by atoms with Crippen LogP contribution in [0.25, 0.3) is 0 Å². The average Bonchev–Trinajstić information content (AvgIpc) is 2.52. The van der Waals surface area contributed by atoms with Crippen molar-refractivity contribution < 1.29 is 9.53 Å². The van der Waals surface area contributed by atoms with Crippen molar-refractivity contribution in [2.75, 3.05) is 17.2 Å². The molecule has 0 radical (unpaired) electrons. The molecule has 0 aromatic heterocycles. The van der Waals surface area contributed by atoms with E-state index in [-0.39, 0.29) is 12.5 Å². The Bertz CT molecular complexity index is 735. The normalized spacial score (nSPS) is 12.6. The second-order valence-electron chi connectivity index (χ2n) is 4.68. The molecule has 0 saturated heterocycles. The maximum atomic E-state index is 11.3. The Labute approximate surface area is 122 Å². The van der Waals surface area contributed by atoms with E-state index < -0.39 is 0 Å². The van der Waals surface area contributed by atoms with Gasteiger partial charge in [0.25, 0.3) is 5.91 Å². The predicted molar refractivity (Wildman–Crippen MR) is 79.1 cm³/mol. The van der Waals surface area contributed by atoms with Gasteiger partial charge in [0.05, 0.1) is 16.9 Å². The van der Waals surface area contributed by atoms with Crippen molar-refractivity contribution in [1.29, 1.82) is 5.26 Å². The molecule has 104 valence electrons. The molecule has 0 unspecified atom stereocenters. The van der Waals surface area contributed by atoms with Gasteiger partial charge in [-0.25, -0.2) is 0 Å². The highest BCUT2D eigenvalue weighted by Gasteiger charge is 2.15. The number of hydrogen-bond acceptors (Lipinski definition) is 4. The fourth-order valence-electron chi connectivity index (χ4n) is 2.17. The number of ether oxygens (including phenoxy) is 1. The van der Waals surface area contributed by atoms with Crippen LogP contribution in [0.15, 0.2) is 42.5 Å². The molecule has 3 rings (SSSR count). The summed E-state index contributed by atoms with van der Waals surface area (Å²) in [7, 11) is 0. The first-order valence-corrected chi connectivity index (χ1v) is 6.55. The summed E-state index contributed by atoms with van der Waals surface area (Å²) >= 11 is 0. The van der Waals surface area contributed by atoms with Crippen molar-refractivity contribution >= 4 is 17.3 Å². The van der Waals surface area contributed by atoms with Crippen molar-refractivity contribution in [1.82, 2.24) is 0 Å². The summed E-state index contributed by atoms with van der Waals surface area (Å²) < 4.78 is 5.31. The number of fused-ring (bicyclic) bond motifs is 1. The molecule has 1 amide bonds. The second-order valence-corrected chi connectivity index (χ2v) is 4.68. The van der Waals surface area contributed by atoms with Gasteiger partial charge in [-0.2, -0.15) is 5.26 Å². The lowest BCUT2D eigenvalue weighted by molar-refractivity contribution is -0.118. The lowest BCUT2D eigenvalue weighted by Crippen LogP contribution is -2.25. The van der Waals surface area contributed by atoms with Crippen LogP contribution in [0.5, 0.6) is 5.75 Å². The number of nitrogens with zero attached hydrogens (tertiary/aromatic N) is 1. The van der Waals surface area contributed by atoms with E-state index in [0.717, 1.165) is 11.3 Å². The number of carbonyl (C=O) groups excluding carboxylic acids is 1. The van der Waals surface area contributed by atoms with Crippen LogP contribution in [0.4, 0.5) is 11.4 Å². The van der Waals surface area contributed by atoms with Crippen molar-refractivity contribution in [3.05, 3.63) is 53.6 Å². The molecule has 0 fully saturated rings. The number of anilines is 2. The van der Waals surface area contributed by atoms with Gasteiger partial charge in [0.1, 0.15) is 11.8 Å². The zero-order valence-electron chi connectivity index (χ0n) is 11.2. The SMILES string of the molecule is N#Cc1ccccc1NCc1ccc2c(c1)NC(=O)CO2. The van der Waals surface area contributed by atoms with Crippen LogP contribution >= 0.6 is 0 Å². The van der Waals surface area contributed by atoms with Crippen molar-refractivity contribution in [3.63, 3.8) is 0 Å². The summed E-state index contributed by atoms with van der Waals surface area (Å²) in [6.45, 7) is 0.613. The number of carbonyl (C=O) groups is 1. The number of nitrogens with one attached hydrogen (secondary N) is 2. The smallest absolute Gasteiger partial charge is 0.262 e. The molecule has 0 atom stereocenters. The number of nitriles is 1. The van der Waals surface area contributed by atoms with E-state index in [2.05, 4.69) is 16.7 Å². The fourth-order valence-corrected chi connectivity index (χ4v) is 2.17. The van der Waals surface area contributed by atoms with Gasteiger partial charge in [0.15, 0.2) is 6.61 Å². The zero-order chi connectivity index (χ0) is 14.7. The Hall–Kier alpha value is -3.00. The molecular weight excluding hydrogens is 266 g/mol. The van der Waals surface area contributed by atoms with Crippen LogP contribution in [-0.4, -0.2) is 12.5 Å². The third-order valence-corrected chi connectivity index (χ3v) is 3.21. The molecule has 1 aliphatic heterocycles. The number of para-hydroxylation sites is 1. The molecule has 1 aliphatic rings. The van der Waals surface area contributed by atoms with Crippen molar-refractivity contribution in [2.45, 2.75) is 6.54 Å². The van der Waals surface area contributed by atoms with Gasteiger partial charge in [-0.05, 0) is 29.8 Å². The summed E-state index contributed by atoms with van der Waals surface area (Å²) in [5, 5.41) is 15.0. The van der Waals surface area contributed by atoms with E-state index >= 15 is 0 Å². The summed E-state index contributed by atoms with van der Waals surface area (Å²) in [5.41, 5.74) is 3.07. The van der Waals surface area contributed by atoms with Gasteiger partial charge in [-0.3, -0.25) is 4.79 Å². The highest BCUT2D eigenvalue weighted by molar-refractivity contribution is 5.95. The Kier molecular flexibility index (Phi) is 3.44. The van der Waals surface area contributed by atoms with Gasteiger partial charge in [-0.1, -0.05) is 18.2 Å². The highest BCUT2D eigenvalue weighted by atomic mass is 16.5. The monoisotopic (exact) mass is 279 g/mol. The molecule has 2 aromatic rings. The van der Waals surface area contributed by atoms with Gasteiger partial charge in [-0.15, -0.1) is 0 Å². The molecule has 0 saturated carbocycles. The number of hydrogen-bond donors (Lipinski definition) is 2. The Morgan fingerprint density at radius 1 is 1.29 bits per heavy atom. The number of rotatable bonds is 3. The summed E-state index contributed by atoms with van der Waals surface area (Å²) in [6, 6.07) is 15.1. The summed E-state index contributed by atoms with van der Waals surface area (Å²) in [4.78, 5) is 11.3. The largest absolute Gasteiger partial charge is 0.482 e. The van der Waals surface area contributed by atoms with Crippen molar-refractivity contribution in [3.8, 4) is 11.8 Å². The molecule has 5 heteroatoms. The van der Waals surface area contributed by atoms with E-state index in [9.17, 15) is 4.79 Å². The molecular formula is C16H13N3O2. The van der Waals surface area contributed by atoms with Crippen LogP contribution in [0.2, 0.25) is 0 Å². The molecule has 2 aromatic carbocycles. The highest BCUT2D eigenvalue weighted by Crippen LogP contribution is 2.28. The second kappa shape index (κ2) is 5.55. The third-order valence-electron chi connectivity index (χ3n) is 3.21. The van der Waals surface area contributed by atoms with Crippen LogP contribution in [0.3, 0.4) is 0 Å². The van der Waals surface area contributed by atoms with Crippen LogP contribution in [-0.2, 0) is 11.3 Å². The molecule has 0 spiro atoms. The lowest BCUT2D eigenvalue weighted by Gasteiger charge is -2.18. The Morgan fingerprint density at radius 2 is 2.14 bits per heavy atom.